The third-order valence-corrected chi connectivity index (χ3v) is 3.40. The lowest BCUT2D eigenvalue weighted by Crippen LogP contribution is -2.09. The van der Waals surface area contributed by atoms with Crippen LogP contribution in [-0.4, -0.2) is 6.67 Å². The van der Waals surface area contributed by atoms with Crippen LogP contribution >= 0.6 is 39.7 Å². The summed E-state index contributed by atoms with van der Waals surface area (Å²) in [6.45, 7) is -0.356. The highest BCUT2D eigenvalue weighted by molar-refractivity contribution is 9.10. The summed E-state index contributed by atoms with van der Waals surface area (Å²) in [7, 11) is 0. The van der Waals surface area contributed by atoms with Crippen LogP contribution in [0.2, 0.25) is 0 Å². The molecule has 0 bridgehead atoms. The zero-order valence-corrected chi connectivity index (χ0v) is 9.52. The third-order valence-electron chi connectivity index (χ3n) is 1.40. The highest BCUT2D eigenvalue weighted by Crippen LogP contribution is 2.29. The van der Waals surface area contributed by atoms with Crippen LogP contribution in [-0.2, 0) is 0 Å². The Morgan fingerprint density at radius 2 is 2.33 bits per heavy atom. The van der Waals surface area contributed by atoms with Crippen LogP contribution in [0.5, 0.6) is 0 Å². The van der Waals surface area contributed by atoms with Crippen LogP contribution in [0.3, 0.4) is 0 Å². The van der Waals surface area contributed by atoms with Crippen molar-refractivity contribution in [3.05, 3.63) is 20.8 Å². The normalized spacial score (nSPS) is 12.2. The van der Waals surface area contributed by atoms with E-state index in [0.717, 1.165) is 9.35 Å². The summed E-state index contributed by atoms with van der Waals surface area (Å²) in [6, 6.07) is 1.77. The van der Waals surface area contributed by atoms with Gasteiger partial charge in [-0.15, -0.1) is 23.7 Å². The molecule has 1 nitrogen and oxygen atoms in total. The molecule has 0 saturated carbocycles. The third kappa shape index (κ3) is 3.01. The molecule has 1 aromatic rings. The Kier molecular flexibility index (Phi) is 6.09. The highest BCUT2D eigenvalue weighted by atomic mass is 79.9. The quantitative estimate of drug-likeness (QED) is 0.899. The first kappa shape index (κ1) is 12.4. The molecule has 0 saturated heterocycles. The van der Waals surface area contributed by atoms with E-state index in [2.05, 4.69) is 15.9 Å². The largest absolute Gasteiger partial charge is 0.323 e. The van der Waals surface area contributed by atoms with Crippen molar-refractivity contribution in [3.8, 4) is 0 Å². The zero-order valence-electron chi connectivity index (χ0n) is 6.30. The maximum absolute atomic E-state index is 11.9. The van der Waals surface area contributed by atoms with Gasteiger partial charge in [-0.3, -0.25) is 4.39 Å². The fourth-order valence-corrected chi connectivity index (χ4v) is 2.52. The second kappa shape index (κ2) is 5.91. The Morgan fingerprint density at radius 1 is 1.67 bits per heavy atom. The minimum absolute atomic E-state index is 0. The van der Waals surface area contributed by atoms with Crippen LogP contribution in [0.1, 0.15) is 17.3 Å². The van der Waals surface area contributed by atoms with Gasteiger partial charge in [0.1, 0.15) is 0 Å². The molecule has 0 aliphatic rings. The molecule has 70 valence electrons. The van der Waals surface area contributed by atoms with Crippen molar-refractivity contribution in [2.24, 2.45) is 5.73 Å². The maximum atomic E-state index is 11.9. The van der Waals surface area contributed by atoms with E-state index >= 15 is 0 Å². The Labute approximate surface area is 89.7 Å². The van der Waals surface area contributed by atoms with E-state index in [0.29, 0.717) is 6.42 Å². The van der Waals surface area contributed by atoms with Gasteiger partial charge >= 0.3 is 0 Å². The zero-order chi connectivity index (χ0) is 8.27. The first-order valence-electron chi connectivity index (χ1n) is 3.30. The van der Waals surface area contributed by atoms with Crippen molar-refractivity contribution >= 4 is 39.7 Å². The van der Waals surface area contributed by atoms with Gasteiger partial charge in [0.25, 0.3) is 0 Å². The van der Waals surface area contributed by atoms with Gasteiger partial charge in [0, 0.05) is 15.4 Å². The van der Waals surface area contributed by atoms with Crippen LogP contribution in [0, 0.1) is 0 Å². The van der Waals surface area contributed by atoms with Crippen molar-refractivity contribution in [1.29, 1.82) is 0 Å². The van der Waals surface area contributed by atoms with E-state index in [1.54, 1.807) is 11.3 Å². The minimum atomic E-state index is -0.356. The van der Waals surface area contributed by atoms with Crippen molar-refractivity contribution in [1.82, 2.24) is 0 Å². The smallest absolute Gasteiger partial charge is 0.0912 e. The predicted octanol–water partition coefficient (Wildman–Crippen LogP) is 3.29. The molecule has 0 aromatic carbocycles. The molecule has 0 aliphatic heterocycles. The van der Waals surface area contributed by atoms with Gasteiger partial charge in [0.05, 0.1) is 6.67 Å². The Balaban J connectivity index is 0.00000121. The van der Waals surface area contributed by atoms with E-state index < -0.39 is 0 Å². The Morgan fingerprint density at radius 3 is 2.75 bits per heavy atom. The minimum Gasteiger partial charge on any atom is -0.323 e. The molecule has 12 heavy (non-hydrogen) atoms. The van der Waals surface area contributed by atoms with Crippen LogP contribution in [0.25, 0.3) is 0 Å². The second-order valence-corrected chi connectivity index (χ2v) is 4.02. The van der Waals surface area contributed by atoms with Gasteiger partial charge in [-0.1, -0.05) is 0 Å². The average molecular weight is 275 g/mol. The number of thiophene rings is 1. The molecule has 0 unspecified atom stereocenters. The van der Waals surface area contributed by atoms with Crippen LogP contribution < -0.4 is 5.73 Å². The van der Waals surface area contributed by atoms with Gasteiger partial charge in [-0.2, -0.15) is 0 Å². The number of alkyl halides is 1. The summed E-state index contributed by atoms with van der Waals surface area (Å²) < 4.78 is 12.9. The maximum Gasteiger partial charge on any atom is 0.0912 e. The van der Waals surface area contributed by atoms with Gasteiger partial charge in [0.2, 0.25) is 0 Å². The molecule has 0 aliphatic carbocycles. The lowest BCUT2D eigenvalue weighted by Gasteiger charge is -2.06. The second-order valence-electron chi connectivity index (χ2n) is 2.22. The molecule has 1 heterocycles. The standard InChI is InChI=1S/C7H9BrFNS.ClH/c8-5-2-4-11-7(5)6(10)1-3-9;/h2,4,6H,1,3,10H2;1H/t6-;/m0./s1. The molecule has 1 atom stereocenters. The van der Waals surface area contributed by atoms with Gasteiger partial charge in [-0.05, 0) is 33.8 Å². The summed E-state index contributed by atoms with van der Waals surface area (Å²) in [6.07, 6.45) is 0.402. The first-order valence-corrected chi connectivity index (χ1v) is 4.97. The van der Waals surface area contributed by atoms with Gasteiger partial charge in [-0.25, -0.2) is 0 Å². The number of hydrogen-bond donors (Lipinski definition) is 1. The topological polar surface area (TPSA) is 26.0 Å². The molecular weight excluding hydrogens is 265 g/mol. The molecule has 1 rings (SSSR count). The summed E-state index contributed by atoms with van der Waals surface area (Å²) >= 11 is 4.90. The SMILES string of the molecule is Cl.N[C@@H](CCF)c1sccc1Br. The van der Waals surface area contributed by atoms with Crippen molar-refractivity contribution < 1.29 is 4.39 Å². The average Bonchev–Trinajstić information content (AvgIpc) is 2.36. The molecular formula is C7H10BrClFNS. The summed E-state index contributed by atoms with van der Waals surface area (Å²) in [5, 5.41) is 1.94. The van der Waals surface area contributed by atoms with Crippen molar-refractivity contribution in [2.75, 3.05) is 6.67 Å². The molecule has 0 spiro atoms. The molecule has 0 amide bonds. The van der Waals surface area contributed by atoms with E-state index in [1.165, 1.54) is 0 Å². The fraction of sp³-hybridized carbons (Fsp3) is 0.429. The fourth-order valence-electron chi connectivity index (χ4n) is 0.819. The lowest BCUT2D eigenvalue weighted by molar-refractivity contribution is 0.443. The summed E-state index contributed by atoms with van der Waals surface area (Å²) in [5.74, 6) is 0. The predicted molar refractivity (Wildman–Crippen MR) is 56.8 cm³/mol. The lowest BCUT2D eigenvalue weighted by atomic mass is 10.2. The van der Waals surface area contributed by atoms with Gasteiger partial charge in [0.15, 0.2) is 0 Å². The van der Waals surface area contributed by atoms with E-state index in [1.807, 2.05) is 11.4 Å². The molecule has 2 N–H and O–H groups in total. The first-order chi connectivity index (χ1) is 5.25. The monoisotopic (exact) mass is 273 g/mol. The molecule has 0 radical (unpaired) electrons. The number of nitrogens with two attached hydrogens (primary N) is 1. The molecule has 0 fully saturated rings. The van der Waals surface area contributed by atoms with Crippen molar-refractivity contribution in [2.45, 2.75) is 12.5 Å². The summed E-state index contributed by atoms with van der Waals surface area (Å²) in [4.78, 5) is 1.03. The van der Waals surface area contributed by atoms with Crippen LogP contribution in [0.4, 0.5) is 4.39 Å². The van der Waals surface area contributed by atoms with E-state index in [4.69, 9.17) is 5.73 Å². The Hall–Kier alpha value is 0.360. The molecule has 5 heteroatoms. The van der Waals surface area contributed by atoms with Crippen molar-refractivity contribution in [3.63, 3.8) is 0 Å². The van der Waals surface area contributed by atoms with E-state index in [-0.39, 0.29) is 25.1 Å². The highest BCUT2D eigenvalue weighted by Gasteiger charge is 2.10. The summed E-state index contributed by atoms with van der Waals surface area (Å²) in [5.41, 5.74) is 5.69. The Bertz CT molecular complexity index is 231. The number of rotatable bonds is 3. The number of halogens is 3. The van der Waals surface area contributed by atoms with Gasteiger partial charge < -0.3 is 5.73 Å². The van der Waals surface area contributed by atoms with Crippen LogP contribution in [0.15, 0.2) is 15.9 Å². The molecule has 1 aromatic heterocycles. The van der Waals surface area contributed by atoms with E-state index in [9.17, 15) is 4.39 Å². The number of hydrogen-bond acceptors (Lipinski definition) is 2.